The van der Waals surface area contributed by atoms with E-state index in [9.17, 15) is 13.2 Å². The summed E-state index contributed by atoms with van der Waals surface area (Å²) in [5, 5.41) is 0.987. The molecule has 0 saturated heterocycles. The highest BCUT2D eigenvalue weighted by Gasteiger charge is 2.28. The fourth-order valence-electron chi connectivity index (χ4n) is 1.35. The Hall–Kier alpha value is -1.49. The number of hydrogen-bond acceptors (Lipinski definition) is 2. The lowest BCUT2D eigenvalue weighted by Crippen LogP contribution is -2.19. The molecule has 1 aromatic carbocycles. The van der Waals surface area contributed by atoms with Gasteiger partial charge in [-0.1, -0.05) is 11.6 Å². The minimum absolute atomic E-state index is 0.115. The molecule has 0 aliphatic heterocycles. The highest BCUT2D eigenvalue weighted by Crippen LogP contribution is 2.26. The Morgan fingerprint density at radius 3 is 2.71 bits per heavy atom. The number of alkyl halides is 3. The predicted octanol–water partition coefficient (Wildman–Crippen LogP) is 3.83. The third-order valence-corrected chi connectivity index (χ3v) is 2.39. The fourth-order valence-corrected chi connectivity index (χ4v) is 1.55. The van der Waals surface area contributed by atoms with E-state index >= 15 is 0 Å². The average Bonchev–Trinajstić information content (AvgIpc) is 2.26. The van der Waals surface area contributed by atoms with Crippen LogP contribution >= 0.6 is 11.6 Å². The first-order valence-corrected chi connectivity index (χ1v) is 5.07. The van der Waals surface area contributed by atoms with Crippen molar-refractivity contribution in [3.05, 3.63) is 35.5 Å². The SMILES string of the molecule is FC(F)(F)COc1ccc2nccc(Cl)c2c1. The van der Waals surface area contributed by atoms with E-state index in [0.29, 0.717) is 15.9 Å². The van der Waals surface area contributed by atoms with Crippen LogP contribution in [-0.4, -0.2) is 17.8 Å². The lowest BCUT2D eigenvalue weighted by atomic mass is 10.2. The van der Waals surface area contributed by atoms with Crippen LogP contribution in [-0.2, 0) is 0 Å². The van der Waals surface area contributed by atoms with Crippen LogP contribution in [0.4, 0.5) is 13.2 Å². The van der Waals surface area contributed by atoms with Crippen LogP contribution in [0.5, 0.6) is 5.75 Å². The van der Waals surface area contributed by atoms with Gasteiger partial charge in [0.1, 0.15) is 5.75 Å². The Morgan fingerprint density at radius 1 is 1.24 bits per heavy atom. The highest BCUT2D eigenvalue weighted by molar-refractivity contribution is 6.35. The van der Waals surface area contributed by atoms with Crippen molar-refractivity contribution in [2.45, 2.75) is 6.18 Å². The van der Waals surface area contributed by atoms with E-state index in [1.165, 1.54) is 18.3 Å². The second-order valence-electron chi connectivity index (χ2n) is 3.38. The monoisotopic (exact) mass is 261 g/mol. The molecule has 0 fully saturated rings. The zero-order valence-electron chi connectivity index (χ0n) is 8.46. The molecule has 0 radical (unpaired) electrons. The molecular weight excluding hydrogens is 255 g/mol. The van der Waals surface area contributed by atoms with Gasteiger partial charge in [0.05, 0.1) is 10.5 Å². The molecule has 0 spiro atoms. The molecule has 6 heteroatoms. The van der Waals surface area contributed by atoms with Crippen molar-refractivity contribution in [1.29, 1.82) is 0 Å². The lowest BCUT2D eigenvalue weighted by Gasteiger charge is -2.09. The topological polar surface area (TPSA) is 22.1 Å². The van der Waals surface area contributed by atoms with E-state index in [1.807, 2.05) is 0 Å². The molecule has 0 bridgehead atoms. The van der Waals surface area contributed by atoms with Gasteiger partial charge in [-0.3, -0.25) is 4.98 Å². The van der Waals surface area contributed by atoms with Gasteiger partial charge in [-0.25, -0.2) is 0 Å². The summed E-state index contributed by atoms with van der Waals surface area (Å²) in [5.74, 6) is 0.115. The quantitative estimate of drug-likeness (QED) is 0.820. The van der Waals surface area contributed by atoms with E-state index in [0.717, 1.165) is 0 Å². The van der Waals surface area contributed by atoms with Gasteiger partial charge in [-0.2, -0.15) is 13.2 Å². The summed E-state index contributed by atoms with van der Waals surface area (Å²) in [6.45, 7) is -1.32. The number of benzene rings is 1. The van der Waals surface area contributed by atoms with Crippen molar-refractivity contribution in [2.75, 3.05) is 6.61 Å². The summed E-state index contributed by atoms with van der Waals surface area (Å²) in [7, 11) is 0. The molecule has 2 aromatic rings. The molecule has 1 heterocycles. The molecule has 1 aromatic heterocycles. The van der Waals surface area contributed by atoms with Crippen molar-refractivity contribution in [3.63, 3.8) is 0 Å². The smallest absolute Gasteiger partial charge is 0.422 e. The van der Waals surface area contributed by atoms with Gasteiger partial charge < -0.3 is 4.74 Å². The fraction of sp³-hybridized carbons (Fsp3) is 0.182. The molecule has 0 saturated carbocycles. The Balaban J connectivity index is 2.28. The third-order valence-electron chi connectivity index (χ3n) is 2.06. The number of halogens is 4. The Kier molecular flexibility index (Phi) is 3.11. The summed E-state index contributed by atoms with van der Waals surface area (Å²) in [6.07, 6.45) is -2.82. The number of hydrogen-bond donors (Lipinski definition) is 0. The summed E-state index contributed by atoms with van der Waals surface area (Å²) in [5.41, 5.74) is 0.608. The molecular formula is C11H7ClF3NO. The molecule has 0 aliphatic rings. The molecule has 0 aliphatic carbocycles. The molecule has 2 nitrogen and oxygen atoms in total. The van der Waals surface area contributed by atoms with Crippen molar-refractivity contribution >= 4 is 22.5 Å². The van der Waals surface area contributed by atoms with E-state index in [4.69, 9.17) is 11.6 Å². The Bertz CT molecular complexity index is 542. The van der Waals surface area contributed by atoms with E-state index in [1.54, 1.807) is 12.1 Å². The first kappa shape index (κ1) is 12.0. The van der Waals surface area contributed by atoms with Crippen molar-refractivity contribution < 1.29 is 17.9 Å². The highest BCUT2D eigenvalue weighted by atomic mass is 35.5. The van der Waals surface area contributed by atoms with Crippen LogP contribution < -0.4 is 4.74 Å². The number of nitrogens with zero attached hydrogens (tertiary/aromatic N) is 1. The molecule has 0 N–H and O–H groups in total. The van der Waals surface area contributed by atoms with Crippen LogP contribution in [0.1, 0.15) is 0 Å². The molecule has 2 rings (SSSR count). The van der Waals surface area contributed by atoms with E-state index in [2.05, 4.69) is 9.72 Å². The van der Waals surface area contributed by atoms with Crippen LogP contribution in [0, 0.1) is 0 Å². The van der Waals surface area contributed by atoms with Gasteiger partial charge in [0.2, 0.25) is 0 Å². The van der Waals surface area contributed by atoms with Crippen molar-refractivity contribution in [2.24, 2.45) is 0 Å². The molecule has 90 valence electrons. The predicted molar refractivity (Wildman–Crippen MR) is 58.3 cm³/mol. The van der Waals surface area contributed by atoms with E-state index in [-0.39, 0.29) is 5.75 Å². The lowest BCUT2D eigenvalue weighted by molar-refractivity contribution is -0.153. The molecule has 0 atom stereocenters. The number of rotatable bonds is 2. The van der Waals surface area contributed by atoms with Crippen molar-refractivity contribution in [1.82, 2.24) is 4.98 Å². The first-order valence-electron chi connectivity index (χ1n) is 4.69. The van der Waals surface area contributed by atoms with Crippen LogP contribution in [0.25, 0.3) is 10.9 Å². The normalized spacial score (nSPS) is 11.8. The second-order valence-corrected chi connectivity index (χ2v) is 3.78. The largest absolute Gasteiger partial charge is 0.484 e. The van der Waals surface area contributed by atoms with Gasteiger partial charge in [0.15, 0.2) is 6.61 Å². The standard InChI is InChI=1S/C11H7ClF3NO/c12-9-3-4-16-10-2-1-7(5-8(9)10)17-6-11(13,14)15/h1-5H,6H2. The van der Waals surface area contributed by atoms with Gasteiger partial charge >= 0.3 is 6.18 Å². The summed E-state index contributed by atoms with van der Waals surface area (Å²) < 4.78 is 40.5. The van der Waals surface area contributed by atoms with Crippen molar-refractivity contribution in [3.8, 4) is 5.75 Å². The van der Waals surface area contributed by atoms with Gasteiger partial charge in [-0.05, 0) is 24.3 Å². The number of pyridine rings is 1. The summed E-state index contributed by atoms with van der Waals surface area (Å²) in [6, 6.07) is 6.00. The zero-order chi connectivity index (χ0) is 12.5. The Labute approximate surface area is 100.0 Å². The Morgan fingerprint density at radius 2 is 2.00 bits per heavy atom. The summed E-state index contributed by atoms with van der Waals surface area (Å²) >= 11 is 5.90. The van der Waals surface area contributed by atoms with Gasteiger partial charge in [0, 0.05) is 11.6 Å². The number of aromatic nitrogens is 1. The summed E-state index contributed by atoms with van der Waals surface area (Å²) in [4.78, 5) is 4.03. The molecule has 0 amide bonds. The zero-order valence-corrected chi connectivity index (χ0v) is 9.22. The molecule has 0 unspecified atom stereocenters. The first-order chi connectivity index (χ1) is 7.96. The van der Waals surface area contributed by atoms with Crippen LogP contribution in [0.15, 0.2) is 30.5 Å². The second kappa shape index (κ2) is 4.41. The maximum Gasteiger partial charge on any atom is 0.422 e. The maximum absolute atomic E-state index is 12.0. The van der Waals surface area contributed by atoms with Gasteiger partial charge in [-0.15, -0.1) is 0 Å². The number of fused-ring (bicyclic) bond motifs is 1. The third kappa shape index (κ3) is 3.00. The minimum Gasteiger partial charge on any atom is -0.484 e. The van der Waals surface area contributed by atoms with Crippen LogP contribution in [0.2, 0.25) is 5.02 Å². The van der Waals surface area contributed by atoms with Gasteiger partial charge in [0.25, 0.3) is 0 Å². The molecule has 17 heavy (non-hydrogen) atoms. The van der Waals surface area contributed by atoms with Crippen LogP contribution in [0.3, 0.4) is 0 Å². The average molecular weight is 262 g/mol. The van der Waals surface area contributed by atoms with E-state index < -0.39 is 12.8 Å². The minimum atomic E-state index is -4.35. The number of ether oxygens (including phenoxy) is 1. The maximum atomic E-state index is 12.0.